The molecule has 1 aliphatic carbocycles. The van der Waals surface area contributed by atoms with Crippen LogP contribution in [0, 0.1) is 12.8 Å². The summed E-state index contributed by atoms with van der Waals surface area (Å²) in [6, 6.07) is 1.87. The number of nitrogens with zero attached hydrogens (tertiary/aromatic N) is 3. The van der Waals surface area contributed by atoms with Crippen molar-refractivity contribution in [2.24, 2.45) is 13.0 Å². The number of aromatic nitrogens is 2. The fraction of sp³-hybridized carbons (Fsp3) is 0.789. The third kappa shape index (κ3) is 3.75. The van der Waals surface area contributed by atoms with Gasteiger partial charge in [-0.1, -0.05) is 0 Å². The fourth-order valence-corrected chi connectivity index (χ4v) is 4.12. The Bertz CT molecular complexity index is 630. The number of ether oxygens (including phenoxy) is 2. The lowest BCUT2D eigenvalue weighted by atomic mass is 9.83. The van der Waals surface area contributed by atoms with E-state index in [2.05, 4.69) is 5.10 Å². The van der Waals surface area contributed by atoms with Crippen molar-refractivity contribution in [2.75, 3.05) is 26.3 Å². The molecular weight excluding hydrogens is 318 g/mol. The van der Waals surface area contributed by atoms with E-state index in [9.17, 15) is 4.79 Å². The Hall–Kier alpha value is -1.40. The largest absolute Gasteiger partial charge is 0.378 e. The van der Waals surface area contributed by atoms with Gasteiger partial charge in [-0.05, 0) is 51.0 Å². The minimum absolute atomic E-state index is 0.0790. The van der Waals surface area contributed by atoms with Crippen LogP contribution in [-0.2, 0) is 16.5 Å². The summed E-state index contributed by atoms with van der Waals surface area (Å²) in [6.45, 7) is 5.12. The van der Waals surface area contributed by atoms with Crippen molar-refractivity contribution in [3.8, 4) is 0 Å². The van der Waals surface area contributed by atoms with Gasteiger partial charge in [0, 0.05) is 39.8 Å². The molecule has 3 fully saturated rings. The van der Waals surface area contributed by atoms with Crippen LogP contribution in [0.3, 0.4) is 0 Å². The van der Waals surface area contributed by atoms with Gasteiger partial charge in [0.1, 0.15) is 5.69 Å². The summed E-state index contributed by atoms with van der Waals surface area (Å²) in [4.78, 5) is 14.7. The van der Waals surface area contributed by atoms with Crippen molar-refractivity contribution in [2.45, 2.75) is 57.2 Å². The van der Waals surface area contributed by atoms with E-state index in [0.29, 0.717) is 11.8 Å². The lowest BCUT2D eigenvalue weighted by Crippen LogP contribution is -2.52. The highest BCUT2D eigenvalue weighted by Gasteiger charge is 2.42. The second-order valence-electron chi connectivity index (χ2n) is 8.01. The SMILES string of the molecule is Cc1cc(C(=O)N2CCC3(CC2)CC(OCC2CC2)CCO3)n(C)n1. The molecule has 6 heteroatoms. The molecule has 3 aliphatic rings. The number of piperidine rings is 1. The molecule has 0 N–H and O–H groups in total. The lowest BCUT2D eigenvalue weighted by Gasteiger charge is -2.46. The van der Waals surface area contributed by atoms with Crippen molar-refractivity contribution in [1.82, 2.24) is 14.7 Å². The zero-order chi connectivity index (χ0) is 17.4. The van der Waals surface area contributed by atoms with Gasteiger partial charge < -0.3 is 14.4 Å². The van der Waals surface area contributed by atoms with Gasteiger partial charge in [-0.2, -0.15) is 5.10 Å². The highest BCUT2D eigenvalue weighted by molar-refractivity contribution is 5.92. The van der Waals surface area contributed by atoms with E-state index < -0.39 is 0 Å². The molecule has 2 saturated heterocycles. The quantitative estimate of drug-likeness (QED) is 0.839. The predicted octanol–water partition coefficient (Wildman–Crippen LogP) is 2.31. The Balaban J connectivity index is 1.33. The number of carbonyl (C=O) groups excluding carboxylic acids is 1. The van der Waals surface area contributed by atoms with E-state index in [1.807, 2.05) is 24.9 Å². The van der Waals surface area contributed by atoms with Gasteiger partial charge in [-0.3, -0.25) is 9.48 Å². The standard InChI is InChI=1S/C19H29N3O3/c1-14-11-17(21(2)20-14)18(23)22-8-6-19(7-9-22)12-16(5-10-25-19)24-13-15-3-4-15/h11,15-16H,3-10,12-13H2,1-2H3. The third-order valence-electron chi connectivity index (χ3n) is 5.90. The molecule has 25 heavy (non-hydrogen) atoms. The number of carbonyl (C=O) groups is 1. The molecule has 0 aromatic carbocycles. The number of likely N-dealkylation sites (tertiary alicyclic amines) is 1. The second-order valence-corrected chi connectivity index (χ2v) is 8.01. The van der Waals surface area contributed by atoms with Crippen molar-refractivity contribution in [3.05, 3.63) is 17.5 Å². The van der Waals surface area contributed by atoms with Crippen LogP contribution in [0.4, 0.5) is 0 Å². The maximum atomic E-state index is 12.8. The number of rotatable bonds is 4. The number of hydrogen-bond donors (Lipinski definition) is 0. The lowest BCUT2D eigenvalue weighted by molar-refractivity contribution is -0.153. The monoisotopic (exact) mass is 347 g/mol. The highest BCUT2D eigenvalue weighted by Crippen LogP contribution is 2.37. The molecular formula is C19H29N3O3. The van der Waals surface area contributed by atoms with Crippen molar-refractivity contribution >= 4 is 5.91 Å². The molecule has 1 aromatic rings. The normalized spacial score (nSPS) is 26.2. The molecule has 0 radical (unpaired) electrons. The first-order chi connectivity index (χ1) is 12.0. The van der Waals surface area contributed by atoms with Crippen LogP contribution in [0.2, 0.25) is 0 Å². The first kappa shape index (κ1) is 17.0. The Morgan fingerprint density at radius 1 is 1.36 bits per heavy atom. The third-order valence-corrected chi connectivity index (χ3v) is 5.90. The van der Waals surface area contributed by atoms with Gasteiger partial charge in [0.05, 0.1) is 17.4 Å². The summed E-state index contributed by atoms with van der Waals surface area (Å²) in [6.07, 6.45) is 6.78. The Labute approximate surface area is 149 Å². The van der Waals surface area contributed by atoms with Crippen LogP contribution < -0.4 is 0 Å². The highest BCUT2D eigenvalue weighted by atomic mass is 16.5. The van der Waals surface area contributed by atoms with Gasteiger partial charge >= 0.3 is 0 Å². The van der Waals surface area contributed by atoms with Crippen LogP contribution >= 0.6 is 0 Å². The molecule has 1 unspecified atom stereocenters. The molecule has 1 atom stereocenters. The topological polar surface area (TPSA) is 56.6 Å². The van der Waals surface area contributed by atoms with Crippen LogP contribution in [-0.4, -0.2) is 58.6 Å². The van der Waals surface area contributed by atoms with Crippen molar-refractivity contribution in [1.29, 1.82) is 0 Å². The van der Waals surface area contributed by atoms with E-state index >= 15 is 0 Å². The van der Waals surface area contributed by atoms with E-state index in [4.69, 9.17) is 9.47 Å². The van der Waals surface area contributed by atoms with Gasteiger partial charge in [0.2, 0.25) is 0 Å². The number of amides is 1. The Morgan fingerprint density at radius 2 is 2.12 bits per heavy atom. The summed E-state index contributed by atoms with van der Waals surface area (Å²) in [5.41, 5.74) is 1.46. The van der Waals surface area contributed by atoms with Gasteiger partial charge in [0.25, 0.3) is 5.91 Å². The molecule has 1 aromatic heterocycles. The first-order valence-corrected chi connectivity index (χ1v) is 9.60. The first-order valence-electron chi connectivity index (χ1n) is 9.60. The number of hydrogen-bond acceptors (Lipinski definition) is 4. The minimum atomic E-state index is -0.0916. The molecule has 1 amide bonds. The zero-order valence-electron chi connectivity index (χ0n) is 15.4. The minimum Gasteiger partial charge on any atom is -0.378 e. The van der Waals surface area contributed by atoms with Gasteiger partial charge in [0.15, 0.2) is 0 Å². The summed E-state index contributed by atoms with van der Waals surface area (Å²) in [5.74, 6) is 0.885. The molecule has 0 bridgehead atoms. The average Bonchev–Trinajstić information content (AvgIpc) is 3.37. The molecule has 2 aliphatic heterocycles. The smallest absolute Gasteiger partial charge is 0.272 e. The average molecular weight is 347 g/mol. The van der Waals surface area contributed by atoms with Crippen molar-refractivity contribution in [3.63, 3.8) is 0 Å². The van der Waals surface area contributed by atoms with Gasteiger partial charge in [-0.15, -0.1) is 0 Å². The molecule has 138 valence electrons. The van der Waals surface area contributed by atoms with Crippen LogP contribution in [0.25, 0.3) is 0 Å². The summed E-state index contributed by atoms with van der Waals surface area (Å²) in [7, 11) is 1.83. The van der Waals surface area contributed by atoms with E-state index in [1.54, 1.807) is 4.68 Å². The molecule has 1 spiro atoms. The second kappa shape index (κ2) is 6.72. The maximum absolute atomic E-state index is 12.8. The summed E-state index contributed by atoms with van der Waals surface area (Å²) in [5, 5.41) is 4.29. The maximum Gasteiger partial charge on any atom is 0.272 e. The molecule has 4 rings (SSSR count). The van der Waals surface area contributed by atoms with E-state index in [0.717, 1.165) is 63.6 Å². The summed E-state index contributed by atoms with van der Waals surface area (Å²) >= 11 is 0. The van der Waals surface area contributed by atoms with Crippen LogP contribution in [0.5, 0.6) is 0 Å². The predicted molar refractivity (Wildman–Crippen MR) is 93.5 cm³/mol. The Kier molecular flexibility index (Phi) is 4.58. The van der Waals surface area contributed by atoms with E-state index in [-0.39, 0.29) is 11.5 Å². The Morgan fingerprint density at radius 3 is 2.76 bits per heavy atom. The van der Waals surface area contributed by atoms with Crippen LogP contribution in [0.1, 0.15) is 54.7 Å². The zero-order valence-corrected chi connectivity index (χ0v) is 15.4. The van der Waals surface area contributed by atoms with Crippen LogP contribution in [0.15, 0.2) is 6.07 Å². The molecule has 3 heterocycles. The number of aryl methyl sites for hydroxylation is 2. The fourth-order valence-electron chi connectivity index (χ4n) is 4.12. The van der Waals surface area contributed by atoms with E-state index in [1.165, 1.54) is 12.8 Å². The summed E-state index contributed by atoms with van der Waals surface area (Å²) < 4.78 is 14.0. The molecule has 1 saturated carbocycles. The van der Waals surface area contributed by atoms with Gasteiger partial charge in [-0.25, -0.2) is 0 Å². The van der Waals surface area contributed by atoms with Crippen molar-refractivity contribution < 1.29 is 14.3 Å². The molecule has 6 nitrogen and oxygen atoms in total.